The summed E-state index contributed by atoms with van der Waals surface area (Å²) in [4.78, 5) is 21.7. The molecule has 0 spiro atoms. The molecule has 6 rings (SSSR count). The molecular weight excluding hydrogens is 539 g/mol. The number of anilines is 5. The summed E-state index contributed by atoms with van der Waals surface area (Å²) in [5, 5.41) is 37.4. The predicted molar refractivity (Wildman–Crippen MR) is 159 cm³/mol. The Labute approximate surface area is 242 Å². The molecule has 4 aromatic rings. The van der Waals surface area contributed by atoms with Gasteiger partial charge in [-0.3, -0.25) is 9.78 Å². The molecule has 2 aliphatic rings. The highest BCUT2D eigenvalue weighted by Crippen LogP contribution is 2.29. The van der Waals surface area contributed by atoms with Gasteiger partial charge >= 0.3 is 0 Å². The molecule has 12 heteroatoms. The maximum atomic E-state index is 14.2. The number of aliphatic hydroxyl groups excluding tert-OH is 2. The quantitative estimate of drug-likeness (QED) is 0.176. The van der Waals surface area contributed by atoms with Gasteiger partial charge < -0.3 is 31.5 Å². The summed E-state index contributed by atoms with van der Waals surface area (Å²) in [7, 11) is 0. The molecule has 4 heterocycles. The summed E-state index contributed by atoms with van der Waals surface area (Å²) in [6.07, 6.45) is 8.30. The average molecular weight is 575 g/mol. The van der Waals surface area contributed by atoms with E-state index in [-0.39, 0.29) is 35.7 Å². The van der Waals surface area contributed by atoms with Crippen LogP contribution in [0.4, 0.5) is 33.2 Å². The molecule has 220 valence electrons. The predicted octanol–water partition coefficient (Wildman–Crippen LogP) is 4.69. The highest BCUT2D eigenvalue weighted by molar-refractivity contribution is 6.04. The van der Waals surface area contributed by atoms with Crippen LogP contribution >= 0.6 is 0 Å². The van der Waals surface area contributed by atoms with Crippen LogP contribution in [0.1, 0.15) is 61.9 Å². The van der Waals surface area contributed by atoms with E-state index in [2.05, 4.69) is 26.3 Å². The third-order valence-corrected chi connectivity index (χ3v) is 7.98. The van der Waals surface area contributed by atoms with E-state index in [1.54, 1.807) is 12.1 Å². The Balaban J connectivity index is 1.29. The maximum Gasteiger partial charge on any atom is 0.274 e. The van der Waals surface area contributed by atoms with Crippen molar-refractivity contribution < 1.29 is 19.4 Å². The number of carbonyl (C=O) groups is 1. The van der Waals surface area contributed by atoms with Crippen molar-refractivity contribution in [3.05, 3.63) is 66.4 Å². The number of carbonyl (C=O) groups excluding carboxylic acids is 1. The molecule has 0 aromatic carbocycles. The molecule has 0 bridgehead atoms. The van der Waals surface area contributed by atoms with Gasteiger partial charge in [0.15, 0.2) is 5.82 Å². The van der Waals surface area contributed by atoms with Gasteiger partial charge in [-0.25, -0.2) is 13.9 Å². The molecule has 2 saturated carbocycles. The molecule has 6 N–H and O–H groups in total. The topological polar surface area (TPSA) is 149 Å². The van der Waals surface area contributed by atoms with Crippen LogP contribution < -0.4 is 21.3 Å². The number of nitrogens with one attached hydrogen (secondary N) is 4. The van der Waals surface area contributed by atoms with Crippen LogP contribution in [-0.4, -0.2) is 60.0 Å². The molecule has 0 saturated heterocycles. The first-order chi connectivity index (χ1) is 20.4. The van der Waals surface area contributed by atoms with Crippen molar-refractivity contribution in [3.63, 3.8) is 0 Å². The van der Waals surface area contributed by atoms with Gasteiger partial charge in [-0.05, 0) is 81.7 Å². The van der Waals surface area contributed by atoms with E-state index in [9.17, 15) is 19.4 Å². The van der Waals surface area contributed by atoms with Crippen molar-refractivity contribution in [3.8, 4) is 0 Å². The standard InChI is InChI=1S/C30H35FN8O3/c31-22-17-32-15-14-23(22)36-30(42)26-13-12-25-24(16-29(38-39(25)26)34-19-6-10-21(41)11-7-19)35-28-3-1-2-27(37-28)33-18-4-8-20(40)9-5-18/h1-3,12-21,40-41H,4-11H2,(H,34,38)(H,32,36,42)(H2,33,35,37). The van der Waals surface area contributed by atoms with E-state index in [1.807, 2.05) is 24.3 Å². The van der Waals surface area contributed by atoms with Gasteiger partial charge in [-0.1, -0.05) is 6.07 Å². The van der Waals surface area contributed by atoms with Gasteiger partial charge in [0.25, 0.3) is 5.91 Å². The maximum absolute atomic E-state index is 14.2. The van der Waals surface area contributed by atoms with Gasteiger partial charge in [0, 0.05) is 24.3 Å². The third-order valence-electron chi connectivity index (χ3n) is 7.98. The first-order valence-electron chi connectivity index (χ1n) is 14.5. The second-order valence-corrected chi connectivity index (χ2v) is 11.1. The molecule has 42 heavy (non-hydrogen) atoms. The summed E-state index contributed by atoms with van der Waals surface area (Å²) in [5.74, 6) is 0.759. The minimum atomic E-state index is -0.632. The van der Waals surface area contributed by atoms with Crippen molar-refractivity contribution in [1.82, 2.24) is 19.6 Å². The number of aromatic nitrogens is 4. The summed E-state index contributed by atoms with van der Waals surface area (Å²) < 4.78 is 15.7. The van der Waals surface area contributed by atoms with Crippen molar-refractivity contribution in [2.24, 2.45) is 0 Å². The Morgan fingerprint density at radius 1 is 0.833 bits per heavy atom. The number of aliphatic hydroxyl groups is 2. The first-order valence-corrected chi connectivity index (χ1v) is 14.5. The zero-order valence-electron chi connectivity index (χ0n) is 23.1. The van der Waals surface area contributed by atoms with E-state index >= 15 is 0 Å². The number of halogens is 1. The van der Waals surface area contributed by atoms with E-state index in [0.717, 1.165) is 50.5 Å². The molecule has 2 aliphatic carbocycles. The van der Waals surface area contributed by atoms with Crippen molar-refractivity contribution in [2.45, 2.75) is 75.7 Å². The molecule has 0 atom stereocenters. The zero-order chi connectivity index (χ0) is 29.1. The second-order valence-electron chi connectivity index (χ2n) is 11.1. The van der Waals surface area contributed by atoms with E-state index in [4.69, 9.17) is 10.1 Å². The average Bonchev–Trinajstić information content (AvgIpc) is 3.41. The smallest absolute Gasteiger partial charge is 0.274 e. The van der Waals surface area contributed by atoms with Crippen LogP contribution in [0.2, 0.25) is 0 Å². The molecule has 0 aliphatic heterocycles. The Morgan fingerprint density at radius 3 is 2.19 bits per heavy atom. The van der Waals surface area contributed by atoms with Crippen LogP contribution in [0.3, 0.4) is 0 Å². The zero-order valence-corrected chi connectivity index (χ0v) is 23.1. The third kappa shape index (κ3) is 6.44. The molecule has 2 fully saturated rings. The number of amides is 1. The number of hydrogen-bond acceptors (Lipinski definition) is 9. The second kappa shape index (κ2) is 12.3. The van der Waals surface area contributed by atoms with Crippen molar-refractivity contribution >= 4 is 40.3 Å². The lowest BCUT2D eigenvalue weighted by Crippen LogP contribution is -2.29. The molecule has 11 nitrogen and oxygen atoms in total. The van der Waals surface area contributed by atoms with Crippen LogP contribution in [0.25, 0.3) is 5.52 Å². The lowest BCUT2D eigenvalue weighted by Gasteiger charge is -2.27. The Bertz CT molecular complexity index is 1550. The van der Waals surface area contributed by atoms with Crippen LogP contribution in [0, 0.1) is 5.82 Å². The first kappa shape index (κ1) is 27.9. The fraction of sp³-hybridized carbons (Fsp3) is 0.400. The van der Waals surface area contributed by atoms with Crippen LogP contribution in [-0.2, 0) is 0 Å². The van der Waals surface area contributed by atoms with Crippen LogP contribution in [0.15, 0.2) is 54.9 Å². The lowest BCUT2D eigenvalue weighted by molar-refractivity contribution is 0.101. The highest BCUT2D eigenvalue weighted by Gasteiger charge is 2.22. The van der Waals surface area contributed by atoms with E-state index in [1.165, 1.54) is 16.8 Å². The Morgan fingerprint density at radius 2 is 1.50 bits per heavy atom. The number of pyridine rings is 2. The van der Waals surface area contributed by atoms with Gasteiger partial charge in [0.2, 0.25) is 0 Å². The molecule has 4 aromatic heterocycles. The summed E-state index contributed by atoms with van der Waals surface area (Å²) in [6, 6.07) is 12.8. The van der Waals surface area contributed by atoms with E-state index < -0.39 is 11.7 Å². The molecular formula is C30H35FN8O3. The summed E-state index contributed by atoms with van der Waals surface area (Å²) in [5.41, 5.74) is 1.58. The van der Waals surface area contributed by atoms with Crippen molar-refractivity contribution in [1.29, 1.82) is 0 Å². The molecule has 0 radical (unpaired) electrons. The normalized spacial score (nSPS) is 22.5. The Kier molecular flexibility index (Phi) is 8.15. The fourth-order valence-corrected chi connectivity index (χ4v) is 5.67. The number of fused-ring (bicyclic) bond motifs is 1. The highest BCUT2D eigenvalue weighted by atomic mass is 19.1. The monoisotopic (exact) mass is 574 g/mol. The van der Waals surface area contributed by atoms with Crippen LogP contribution in [0.5, 0.6) is 0 Å². The SMILES string of the molecule is O=C(Nc1ccncc1F)c1ccc2c(Nc3cccc(NC4CCC(O)CC4)n3)cc(NC3CCC(O)CC3)nn12. The largest absolute Gasteiger partial charge is 0.393 e. The Hall–Kier alpha value is -4.29. The minimum absolute atomic E-state index is 0.0272. The summed E-state index contributed by atoms with van der Waals surface area (Å²) in [6.45, 7) is 0. The number of nitrogens with zero attached hydrogens (tertiary/aromatic N) is 4. The minimum Gasteiger partial charge on any atom is -0.393 e. The van der Waals surface area contributed by atoms with Gasteiger partial charge in [0.1, 0.15) is 23.1 Å². The van der Waals surface area contributed by atoms with E-state index in [0.29, 0.717) is 35.7 Å². The lowest BCUT2D eigenvalue weighted by atomic mass is 9.93. The summed E-state index contributed by atoms with van der Waals surface area (Å²) >= 11 is 0. The van der Waals surface area contributed by atoms with Gasteiger partial charge in [-0.15, -0.1) is 5.10 Å². The molecule has 1 amide bonds. The molecule has 0 unspecified atom stereocenters. The number of rotatable bonds is 8. The fourth-order valence-electron chi connectivity index (χ4n) is 5.67. The van der Waals surface area contributed by atoms with Crippen molar-refractivity contribution in [2.75, 3.05) is 21.3 Å². The van der Waals surface area contributed by atoms with Gasteiger partial charge in [0.05, 0.1) is 35.3 Å². The van der Waals surface area contributed by atoms with Gasteiger partial charge in [-0.2, -0.15) is 0 Å². The number of hydrogen-bond donors (Lipinski definition) is 6.